The van der Waals surface area contributed by atoms with Gasteiger partial charge < -0.3 is 19.7 Å². The fraction of sp³-hybridized carbons (Fsp3) is 0.286. The molecule has 1 atom stereocenters. The maximum atomic E-state index is 13.9. The molecular weight excluding hydrogens is 478 g/mol. The standard InChI is InChI=1S/C28H28F2N4O3/c1-36-24-4-2-3-22(15-24)27(37-19-21-7-5-20(17-31)6-8-21)18-33-11-13-34(14-12-33)28(35)32-26-16-23(29)9-10-25(26)30/h2-10,15-16,27H,11-14,18-19H2,1H3,(H,32,35). The van der Waals surface area contributed by atoms with Gasteiger partial charge in [-0.05, 0) is 47.5 Å². The molecule has 1 aliphatic heterocycles. The third-order valence-electron chi connectivity index (χ3n) is 6.25. The number of ether oxygens (including phenoxy) is 2. The Labute approximate surface area is 214 Å². The Hall–Kier alpha value is -4.00. The van der Waals surface area contributed by atoms with Crippen LogP contribution in [0, 0.1) is 23.0 Å². The van der Waals surface area contributed by atoms with Crippen molar-refractivity contribution in [1.29, 1.82) is 5.26 Å². The van der Waals surface area contributed by atoms with Crippen molar-refractivity contribution in [2.45, 2.75) is 12.7 Å². The van der Waals surface area contributed by atoms with E-state index in [1.54, 1.807) is 24.1 Å². The summed E-state index contributed by atoms with van der Waals surface area (Å²) in [5.41, 5.74) is 2.34. The number of hydrogen-bond acceptors (Lipinski definition) is 5. The zero-order valence-electron chi connectivity index (χ0n) is 20.5. The number of rotatable bonds is 8. The number of carbonyl (C=O) groups is 1. The Morgan fingerprint density at radius 3 is 2.51 bits per heavy atom. The van der Waals surface area contributed by atoms with E-state index in [9.17, 15) is 13.6 Å². The quantitative estimate of drug-likeness (QED) is 0.468. The Morgan fingerprint density at radius 1 is 1.05 bits per heavy atom. The summed E-state index contributed by atoms with van der Waals surface area (Å²) in [6, 6.07) is 19.6. The van der Waals surface area contributed by atoms with E-state index in [0.717, 1.165) is 35.1 Å². The third-order valence-corrected chi connectivity index (χ3v) is 6.25. The summed E-state index contributed by atoms with van der Waals surface area (Å²) in [6.07, 6.45) is -0.257. The second-order valence-electron chi connectivity index (χ2n) is 8.73. The van der Waals surface area contributed by atoms with E-state index >= 15 is 0 Å². The highest BCUT2D eigenvalue weighted by Crippen LogP contribution is 2.25. The van der Waals surface area contributed by atoms with Crippen LogP contribution in [0.2, 0.25) is 0 Å². The lowest BCUT2D eigenvalue weighted by Gasteiger charge is -2.36. The maximum Gasteiger partial charge on any atom is 0.322 e. The number of methoxy groups -OCH3 is 1. The summed E-state index contributed by atoms with van der Waals surface area (Å²) in [7, 11) is 1.62. The molecule has 1 N–H and O–H groups in total. The van der Waals surface area contributed by atoms with Crippen LogP contribution in [0.3, 0.4) is 0 Å². The number of amides is 2. The lowest BCUT2D eigenvalue weighted by molar-refractivity contribution is 0.00584. The second-order valence-corrected chi connectivity index (χ2v) is 8.73. The number of anilines is 1. The smallest absolute Gasteiger partial charge is 0.322 e. The SMILES string of the molecule is COc1cccc(C(CN2CCN(C(=O)Nc3cc(F)ccc3F)CC2)OCc2ccc(C#N)cc2)c1. The molecule has 7 nitrogen and oxygen atoms in total. The lowest BCUT2D eigenvalue weighted by atomic mass is 10.1. The first-order valence-electron chi connectivity index (χ1n) is 11.9. The van der Waals surface area contributed by atoms with Crippen LogP contribution in [0.25, 0.3) is 0 Å². The number of halogens is 2. The molecule has 0 saturated carbocycles. The van der Waals surface area contributed by atoms with Gasteiger partial charge in [0.15, 0.2) is 0 Å². The van der Waals surface area contributed by atoms with E-state index in [1.165, 1.54) is 0 Å². The van der Waals surface area contributed by atoms with Crippen LogP contribution in [-0.2, 0) is 11.3 Å². The molecule has 0 spiro atoms. The minimum absolute atomic E-state index is 0.179. The Morgan fingerprint density at radius 2 is 1.81 bits per heavy atom. The monoisotopic (exact) mass is 506 g/mol. The number of carbonyl (C=O) groups excluding carboxylic acids is 1. The number of piperazine rings is 1. The van der Waals surface area contributed by atoms with Gasteiger partial charge in [0.2, 0.25) is 0 Å². The van der Waals surface area contributed by atoms with Gasteiger partial charge in [-0.1, -0.05) is 24.3 Å². The molecule has 1 aliphatic rings. The van der Waals surface area contributed by atoms with Crippen LogP contribution < -0.4 is 10.1 Å². The molecule has 2 amide bonds. The first-order valence-corrected chi connectivity index (χ1v) is 11.9. The Balaban J connectivity index is 1.38. The summed E-state index contributed by atoms with van der Waals surface area (Å²) in [5.74, 6) is -0.574. The Bertz CT molecular complexity index is 1260. The summed E-state index contributed by atoms with van der Waals surface area (Å²) in [6.45, 7) is 3.03. The molecule has 0 bridgehead atoms. The topological polar surface area (TPSA) is 77.8 Å². The highest BCUT2D eigenvalue weighted by atomic mass is 19.1. The summed E-state index contributed by atoms with van der Waals surface area (Å²) >= 11 is 0. The molecule has 0 aliphatic carbocycles. The molecule has 192 valence electrons. The van der Waals surface area contributed by atoms with Crippen molar-refractivity contribution in [3.63, 3.8) is 0 Å². The van der Waals surface area contributed by atoms with Crippen molar-refractivity contribution >= 4 is 11.7 Å². The predicted octanol–water partition coefficient (Wildman–Crippen LogP) is 4.95. The zero-order valence-corrected chi connectivity index (χ0v) is 20.5. The van der Waals surface area contributed by atoms with Crippen LogP contribution in [0.4, 0.5) is 19.3 Å². The van der Waals surface area contributed by atoms with E-state index in [0.29, 0.717) is 44.9 Å². The van der Waals surface area contributed by atoms with Crippen LogP contribution in [-0.4, -0.2) is 55.7 Å². The molecule has 0 radical (unpaired) electrons. The molecule has 1 unspecified atom stereocenters. The molecule has 3 aromatic rings. The van der Waals surface area contributed by atoms with E-state index in [2.05, 4.69) is 16.3 Å². The molecule has 1 saturated heterocycles. The number of urea groups is 1. The van der Waals surface area contributed by atoms with Crippen molar-refractivity contribution in [3.05, 3.63) is 95.1 Å². The fourth-order valence-corrected chi connectivity index (χ4v) is 4.12. The van der Waals surface area contributed by atoms with Gasteiger partial charge >= 0.3 is 6.03 Å². The van der Waals surface area contributed by atoms with Crippen LogP contribution >= 0.6 is 0 Å². The highest BCUT2D eigenvalue weighted by Gasteiger charge is 2.25. The molecular formula is C28H28F2N4O3. The van der Waals surface area contributed by atoms with Gasteiger partial charge in [-0.15, -0.1) is 0 Å². The molecule has 9 heteroatoms. The average molecular weight is 507 g/mol. The number of hydrogen-bond donors (Lipinski definition) is 1. The second kappa shape index (κ2) is 12.3. The van der Waals surface area contributed by atoms with Crippen LogP contribution in [0.1, 0.15) is 22.8 Å². The lowest BCUT2D eigenvalue weighted by Crippen LogP contribution is -2.50. The number of nitriles is 1. The number of nitrogens with one attached hydrogen (secondary N) is 1. The first kappa shape index (κ1) is 26.1. The van der Waals surface area contributed by atoms with Gasteiger partial charge in [0.25, 0.3) is 0 Å². The van der Waals surface area contributed by atoms with Crippen LogP contribution in [0.5, 0.6) is 5.75 Å². The normalized spacial score (nSPS) is 14.6. The average Bonchev–Trinajstić information content (AvgIpc) is 2.93. The predicted molar refractivity (Wildman–Crippen MR) is 135 cm³/mol. The van der Waals surface area contributed by atoms with Crippen molar-refractivity contribution in [3.8, 4) is 11.8 Å². The van der Waals surface area contributed by atoms with Gasteiger partial charge in [-0.3, -0.25) is 4.90 Å². The largest absolute Gasteiger partial charge is 0.497 e. The number of nitrogens with zero attached hydrogens (tertiary/aromatic N) is 3. The minimum Gasteiger partial charge on any atom is -0.497 e. The maximum absolute atomic E-state index is 13.9. The minimum atomic E-state index is -0.686. The van der Waals surface area contributed by atoms with Crippen molar-refractivity contribution in [2.24, 2.45) is 0 Å². The van der Waals surface area contributed by atoms with Gasteiger partial charge in [0.05, 0.1) is 37.1 Å². The van der Waals surface area contributed by atoms with Crippen molar-refractivity contribution in [2.75, 3.05) is 45.2 Å². The fourth-order valence-electron chi connectivity index (χ4n) is 4.12. The highest BCUT2D eigenvalue weighted by molar-refractivity contribution is 5.89. The van der Waals surface area contributed by atoms with E-state index < -0.39 is 17.7 Å². The molecule has 1 fully saturated rings. The third kappa shape index (κ3) is 7.03. The molecule has 0 aromatic heterocycles. The van der Waals surface area contributed by atoms with Gasteiger partial charge in [-0.25, -0.2) is 13.6 Å². The van der Waals surface area contributed by atoms with Gasteiger partial charge in [-0.2, -0.15) is 5.26 Å². The van der Waals surface area contributed by atoms with Crippen LogP contribution in [0.15, 0.2) is 66.7 Å². The summed E-state index contributed by atoms with van der Waals surface area (Å²) < 4.78 is 39.0. The van der Waals surface area contributed by atoms with Gasteiger partial charge in [0.1, 0.15) is 17.4 Å². The molecule has 3 aromatic carbocycles. The molecule has 4 rings (SSSR count). The number of benzene rings is 3. The van der Waals surface area contributed by atoms with Crippen molar-refractivity contribution < 1.29 is 23.0 Å². The van der Waals surface area contributed by atoms with Crippen molar-refractivity contribution in [1.82, 2.24) is 9.80 Å². The van der Waals surface area contributed by atoms with E-state index in [-0.39, 0.29) is 11.8 Å². The summed E-state index contributed by atoms with van der Waals surface area (Å²) in [5, 5.41) is 11.5. The van der Waals surface area contributed by atoms with E-state index in [4.69, 9.17) is 14.7 Å². The molecule has 37 heavy (non-hydrogen) atoms. The Kier molecular flexibility index (Phi) is 8.67. The molecule has 1 heterocycles. The first-order chi connectivity index (χ1) is 17.9. The van der Waals surface area contributed by atoms with Gasteiger partial charge in [0, 0.05) is 38.8 Å². The van der Waals surface area contributed by atoms with E-state index in [1.807, 2.05) is 36.4 Å². The summed E-state index contributed by atoms with van der Waals surface area (Å²) in [4.78, 5) is 16.4. The zero-order chi connectivity index (χ0) is 26.2.